The smallest absolute Gasteiger partial charge is 0.191 e. The Kier molecular flexibility index (Phi) is 5.04. The average molecular weight is 418 g/mol. The molecule has 2 aromatic carbocycles. The number of hydrogen-bond donors (Lipinski definition) is 0. The molecular weight excluding hydrogens is 394 g/mol. The maximum absolute atomic E-state index is 5.32. The first kappa shape index (κ1) is 18.9. The SMILES string of the molecule is C=CCn1c(SCc2nc3ccccc3n2-c2ccc(OC)cc2)nnc1C1CC1. The lowest BCUT2D eigenvalue weighted by Crippen LogP contribution is -2.04. The summed E-state index contributed by atoms with van der Waals surface area (Å²) in [4.78, 5) is 4.91. The molecule has 1 aliphatic carbocycles. The third-order valence-corrected chi connectivity index (χ3v) is 6.25. The van der Waals surface area contributed by atoms with Crippen LogP contribution < -0.4 is 4.74 Å². The molecule has 30 heavy (non-hydrogen) atoms. The monoisotopic (exact) mass is 417 g/mol. The van der Waals surface area contributed by atoms with E-state index in [0.29, 0.717) is 11.7 Å². The number of imidazole rings is 1. The van der Waals surface area contributed by atoms with Crippen molar-refractivity contribution < 1.29 is 4.74 Å². The number of para-hydroxylation sites is 2. The summed E-state index contributed by atoms with van der Waals surface area (Å²) in [5.74, 6) is 4.15. The summed E-state index contributed by atoms with van der Waals surface area (Å²) in [7, 11) is 1.68. The van der Waals surface area contributed by atoms with Crippen LogP contribution in [0.4, 0.5) is 0 Å². The van der Waals surface area contributed by atoms with E-state index >= 15 is 0 Å². The first-order chi connectivity index (χ1) is 14.8. The molecule has 152 valence electrons. The van der Waals surface area contributed by atoms with Crippen molar-refractivity contribution in [1.29, 1.82) is 0 Å². The Hall–Kier alpha value is -3.06. The normalized spacial score (nSPS) is 13.6. The van der Waals surface area contributed by atoms with Gasteiger partial charge in [-0.2, -0.15) is 0 Å². The fourth-order valence-electron chi connectivity index (χ4n) is 3.67. The van der Waals surface area contributed by atoms with E-state index in [-0.39, 0.29) is 0 Å². The number of fused-ring (bicyclic) bond motifs is 1. The summed E-state index contributed by atoms with van der Waals surface area (Å²) >= 11 is 1.67. The first-order valence-corrected chi connectivity index (χ1v) is 11.0. The Labute approximate surface area is 179 Å². The average Bonchev–Trinajstić information content (AvgIpc) is 3.44. The lowest BCUT2D eigenvalue weighted by Gasteiger charge is -2.11. The summed E-state index contributed by atoms with van der Waals surface area (Å²) < 4.78 is 9.71. The Bertz CT molecular complexity index is 1190. The van der Waals surface area contributed by atoms with Gasteiger partial charge in [-0.3, -0.25) is 4.57 Å². The molecule has 1 aliphatic rings. The number of rotatable bonds is 8. The minimum atomic E-state index is 0.552. The summed E-state index contributed by atoms with van der Waals surface area (Å²) in [6.45, 7) is 4.63. The van der Waals surface area contributed by atoms with E-state index in [0.717, 1.165) is 45.8 Å². The predicted molar refractivity (Wildman–Crippen MR) is 119 cm³/mol. The van der Waals surface area contributed by atoms with Gasteiger partial charge in [-0.05, 0) is 49.2 Å². The van der Waals surface area contributed by atoms with Crippen LogP contribution in [-0.2, 0) is 12.3 Å². The molecule has 2 aromatic heterocycles. The molecule has 0 aliphatic heterocycles. The fraction of sp³-hybridized carbons (Fsp3) is 0.261. The topological polar surface area (TPSA) is 57.8 Å². The summed E-state index contributed by atoms with van der Waals surface area (Å²) in [5, 5.41) is 9.84. The van der Waals surface area contributed by atoms with Crippen LogP contribution in [0.1, 0.15) is 30.4 Å². The molecule has 0 atom stereocenters. The highest BCUT2D eigenvalue weighted by molar-refractivity contribution is 7.98. The number of allylic oxidation sites excluding steroid dienone is 1. The predicted octanol–water partition coefficient (Wildman–Crippen LogP) is 4.98. The zero-order chi connectivity index (χ0) is 20.5. The fourth-order valence-corrected chi connectivity index (χ4v) is 4.55. The van der Waals surface area contributed by atoms with E-state index < -0.39 is 0 Å². The van der Waals surface area contributed by atoms with Gasteiger partial charge in [0.15, 0.2) is 5.16 Å². The lowest BCUT2D eigenvalue weighted by atomic mass is 10.2. The molecule has 0 saturated heterocycles. The number of nitrogens with zero attached hydrogens (tertiary/aromatic N) is 5. The van der Waals surface area contributed by atoms with Gasteiger partial charge in [0.25, 0.3) is 0 Å². The number of methoxy groups -OCH3 is 1. The van der Waals surface area contributed by atoms with Crippen molar-refractivity contribution in [1.82, 2.24) is 24.3 Å². The van der Waals surface area contributed by atoms with Crippen LogP contribution in [0.3, 0.4) is 0 Å². The van der Waals surface area contributed by atoms with Crippen LogP contribution in [0, 0.1) is 0 Å². The molecule has 0 amide bonds. The third-order valence-electron chi connectivity index (χ3n) is 5.29. The van der Waals surface area contributed by atoms with Gasteiger partial charge in [-0.15, -0.1) is 16.8 Å². The van der Waals surface area contributed by atoms with Gasteiger partial charge >= 0.3 is 0 Å². The quantitative estimate of drug-likeness (QED) is 0.299. The molecule has 2 heterocycles. The van der Waals surface area contributed by atoms with Crippen molar-refractivity contribution >= 4 is 22.8 Å². The number of benzene rings is 2. The second kappa shape index (κ2) is 7.99. The van der Waals surface area contributed by atoms with Crippen LogP contribution >= 0.6 is 11.8 Å². The minimum absolute atomic E-state index is 0.552. The van der Waals surface area contributed by atoms with Gasteiger partial charge in [0.05, 0.1) is 23.9 Å². The van der Waals surface area contributed by atoms with Gasteiger partial charge in [-0.25, -0.2) is 4.98 Å². The Morgan fingerprint density at radius 3 is 2.67 bits per heavy atom. The summed E-state index contributed by atoms with van der Waals surface area (Å²) in [5.41, 5.74) is 3.13. The molecule has 7 heteroatoms. The molecule has 0 unspecified atom stereocenters. The highest BCUT2D eigenvalue weighted by Crippen LogP contribution is 2.40. The van der Waals surface area contributed by atoms with Crippen LogP contribution in [0.15, 0.2) is 66.3 Å². The molecule has 0 radical (unpaired) electrons. The molecule has 0 spiro atoms. The second-order valence-corrected chi connectivity index (χ2v) is 8.30. The van der Waals surface area contributed by atoms with Crippen molar-refractivity contribution in [2.75, 3.05) is 7.11 Å². The van der Waals surface area contributed by atoms with E-state index in [4.69, 9.17) is 9.72 Å². The van der Waals surface area contributed by atoms with Gasteiger partial charge in [0, 0.05) is 18.2 Å². The third kappa shape index (κ3) is 3.50. The van der Waals surface area contributed by atoms with Crippen molar-refractivity contribution in [2.24, 2.45) is 0 Å². The largest absolute Gasteiger partial charge is 0.497 e. The number of thioether (sulfide) groups is 1. The van der Waals surface area contributed by atoms with Crippen molar-refractivity contribution in [3.8, 4) is 11.4 Å². The van der Waals surface area contributed by atoms with E-state index in [1.165, 1.54) is 12.8 Å². The molecule has 1 saturated carbocycles. The van der Waals surface area contributed by atoms with Crippen molar-refractivity contribution in [2.45, 2.75) is 36.2 Å². The van der Waals surface area contributed by atoms with Gasteiger partial charge in [0.2, 0.25) is 0 Å². The van der Waals surface area contributed by atoms with Crippen LogP contribution in [-0.4, -0.2) is 31.4 Å². The summed E-state index contributed by atoms with van der Waals surface area (Å²) in [6.07, 6.45) is 4.31. The van der Waals surface area contributed by atoms with Gasteiger partial charge < -0.3 is 9.30 Å². The minimum Gasteiger partial charge on any atom is -0.497 e. The number of ether oxygens (including phenoxy) is 1. The molecule has 1 fully saturated rings. The van der Waals surface area contributed by atoms with Gasteiger partial charge in [0.1, 0.15) is 17.4 Å². The van der Waals surface area contributed by atoms with E-state index in [1.807, 2.05) is 30.3 Å². The zero-order valence-corrected chi connectivity index (χ0v) is 17.7. The van der Waals surface area contributed by atoms with E-state index in [2.05, 4.69) is 50.2 Å². The standard InChI is InChI=1S/C23H23N5OS/c1-3-14-27-22(16-8-9-16)25-26-23(27)30-15-21-24-19-6-4-5-7-20(19)28(21)17-10-12-18(29-2)13-11-17/h3-7,10-13,16H,1,8-9,14-15H2,2H3. The van der Waals surface area contributed by atoms with Crippen molar-refractivity contribution in [3.63, 3.8) is 0 Å². The molecule has 4 aromatic rings. The number of aromatic nitrogens is 5. The lowest BCUT2D eigenvalue weighted by molar-refractivity contribution is 0.414. The Morgan fingerprint density at radius 1 is 1.13 bits per heavy atom. The maximum Gasteiger partial charge on any atom is 0.191 e. The highest BCUT2D eigenvalue weighted by Gasteiger charge is 2.30. The Balaban J connectivity index is 1.49. The second-order valence-electron chi connectivity index (χ2n) is 7.35. The van der Waals surface area contributed by atoms with Crippen LogP contribution in [0.2, 0.25) is 0 Å². The molecular formula is C23H23N5OS. The molecule has 6 nitrogen and oxygen atoms in total. The number of hydrogen-bond acceptors (Lipinski definition) is 5. The Morgan fingerprint density at radius 2 is 1.93 bits per heavy atom. The summed E-state index contributed by atoms with van der Waals surface area (Å²) in [6, 6.07) is 16.3. The molecule has 0 N–H and O–H groups in total. The maximum atomic E-state index is 5.32. The van der Waals surface area contributed by atoms with Crippen LogP contribution in [0.5, 0.6) is 5.75 Å². The molecule has 5 rings (SSSR count). The van der Waals surface area contributed by atoms with Gasteiger partial charge in [-0.1, -0.05) is 30.0 Å². The first-order valence-electron chi connectivity index (χ1n) is 10.1. The zero-order valence-electron chi connectivity index (χ0n) is 16.9. The molecule has 0 bridgehead atoms. The van der Waals surface area contributed by atoms with Crippen LogP contribution in [0.25, 0.3) is 16.7 Å². The highest BCUT2D eigenvalue weighted by atomic mass is 32.2. The van der Waals surface area contributed by atoms with E-state index in [9.17, 15) is 0 Å². The van der Waals surface area contributed by atoms with E-state index in [1.54, 1.807) is 18.9 Å². The van der Waals surface area contributed by atoms with Crippen molar-refractivity contribution in [3.05, 3.63) is 72.8 Å².